The van der Waals surface area contributed by atoms with Gasteiger partial charge in [-0.15, -0.1) is 0 Å². The lowest BCUT2D eigenvalue weighted by atomic mass is 10.1. The van der Waals surface area contributed by atoms with Crippen LogP contribution in [0.15, 0.2) is 0 Å². The van der Waals surface area contributed by atoms with Gasteiger partial charge in [-0.1, -0.05) is 13.3 Å². The van der Waals surface area contributed by atoms with Crippen molar-refractivity contribution < 1.29 is 14.6 Å². The molecule has 0 amide bonds. The van der Waals surface area contributed by atoms with E-state index >= 15 is 0 Å². The molecule has 3 atom stereocenters. The van der Waals surface area contributed by atoms with Gasteiger partial charge in [-0.05, 0) is 19.6 Å². The third-order valence-corrected chi connectivity index (χ3v) is 3.58. The Morgan fingerprint density at radius 2 is 2.19 bits per heavy atom. The van der Waals surface area contributed by atoms with Gasteiger partial charge in [0.15, 0.2) is 0 Å². The van der Waals surface area contributed by atoms with Gasteiger partial charge < -0.3 is 15.2 Å². The molecule has 0 fully saturated rings. The van der Waals surface area contributed by atoms with E-state index < -0.39 is 0 Å². The molecule has 4 nitrogen and oxygen atoms in total. The number of hydrogen-bond donors (Lipinski definition) is 2. The molecule has 0 heterocycles. The van der Waals surface area contributed by atoms with E-state index in [-0.39, 0.29) is 23.4 Å². The molecule has 0 rings (SSSR count). The van der Waals surface area contributed by atoms with Crippen LogP contribution in [0.25, 0.3) is 0 Å². The van der Waals surface area contributed by atoms with E-state index in [0.717, 1.165) is 12.8 Å². The number of rotatable bonds is 8. The van der Waals surface area contributed by atoms with Crippen molar-refractivity contribution in [2.45, 2.75) is 44.1 Å². The standard InChI is InChI=1S/C11H23NO3S/c1-5-6-9(13)10(16-4)7-12-8(2)11(14)15-3/h8-10,12-13H,5-7H2,1-4H3/t8-,9-,10+/m0/s1. The summed E-state index contributed by atoms with van der Waals surface area (Å²) in [6.07, 6.45) is 3.40. The van der Waals surface area contributed by atoms with Crippen molar-refractivity contribution in [1.29, 1.82) is 0 Å². The number of aliphatic hydroxyl groups is 1. The maximum atomic E-state index is 11.2. The predicted octanol–water partition coefficient (Wildman–Crippen LogP) is 1.03. The Kier molecular flexibility index (Phi) is 8.70. The largest absolute Gasteiger partial charge is 0.468 e. The van der Waals surface area contributed by atoms with Gasteiger partial charge in [-0.3, -0.25) is 4.79 Å². The van der Waals surface area contributed by atoms with Crippen LogP contribution >= 0.6 is 11.8 Å². The molecule has 0 aromatic heterocycles. The Labute approximate surface area is 102 Å². The second-order valence-electron chi connectivity index (χ2n) is 3.78. The lowest BCUT2D eigenvalue weighted by molar-refractivity contribution is -0.142. The molecule has 5 heteroatoms. The van der Waals surface area contributed by atoms with Gasteiger partial charge in [-0.25, -0.2) is 0 Å². The van der Waals surface area contributed by atoms with E-state index in [1.54, 1.807) is 18.7 Å². The molecule has 0 saturated heterocycles. The maximum absolute atomic E-state index is 11.2. The normalized spacial score (nSPS) is 16.6. The molecule has 2 N–H and O–H groups in total. The van der Waals surface area contributed by atoms with E-state index in [4.69, 9.17) is 0 Å². The number of aliphatic hydroxyl groups excluding tert-OH is 1. The fraction of sp³-hybridized carbons (Fsp3) is 0.909. The van der Waals surface area contributed by atoms with Gasteiger partial charge in [0.1, 0.15) is 6.04 Å². The molecular weight excluding hydrogens is 226 g/mol. The zero-order chi connectivity index (χ0) is 12.6. The van der Waals surface area contributed by atoms with Gasteiger partial charge in [0, 0.05) is 11.8 Å². The van der Waals surface area contributed by atoms with E-state index in [1.165, 1.54) is 7.11 Å². The van der Waals surface area contributed by atoms with E-state index in [0.29, 0.717) is 6.54 Å². The first-order chi connectivity index (χ1) is 7.56. The first-order valence-electron chi connectivity index (χ1n) is 5.58. The first kappa shape index (κ1) is 15.7. The number of hydrogen-bond acceptors (Lipinski definition) is 5. The van der Waals surface area contributed by atoms with Gasteiger partial charge in [0.25, 0.3) is 0 Å². The Morgan fingerprint density at radius 3 is 2.62 bits per heavy atom. The number of thioether (sulfide) groups is 1. The van der Waals surface area contributed by atoms with Crippen molar-refractivity contribution in [1.82, 2.24) is 5.32 Å². The quantitative estimate of drug-likeness (QED) is 0.629. The summed E-state index contributed by atoms with van der Waals surface area (Å²) in [4.78, 5) is 11.2. The minimum Gasteiger partial charge on any atom is -0.468 e. The summed E-state index contributed by atoms with van der Waals surface area (Å²) in [6.45, 7) is 4.42. The number of methoxy groups -OCH3 is 1. The van der Waals surface area contributed by atoms with Crippen molar-refractivity contribution in [3.63, 3.8) is 0 Å². The molecule has 0 aromatic carbocycles. The molecule has 16 heavy (non-hydrogen) atoms. The SMILES string of the molecule is CCC[C@H](O)[C@@H](CN[C@@H](C)C(=O)OC)SC. The van der Waals surface area contributed by atoms with Crippen molar-refractivity contribution in [3.05, 3.63) is 0 Å². The zero-order valence-electron chi connectivity index (χ0n) is 10.5. The maximum Gasteiger partial charge on any atom is 0.322 e. The predicted molar refractivity (Wildman–Crippen MR) is 67.7 cm³/mol. The van der Waals surface area contributed by atoms with Crippen molar-refractivity contribution in [3.8, 4) is 0 Å². The fourth-order valence-corrected chi connectivity index (χ4v) is 2.12. The monoisotopic (exact) mass is 249 g/mol. The van der Waals surface area contributed by atoms with Crippen LogP contribution in [0.1, 0.15) is 26.7 Å². The van der Waals surface area contributed by atoms with Crippen molar-refractivity contribution in [2.75, 3.05) is 19.9 Å². The highest BCUT2D eigenvalue weighted by atomic mass is 32.2. The Hall–Kier alpha value is -0.260. The van der Waals surface area contributed by atoms with Crippen LogP contribution in [-0.4, -0.2) is 48.4 Å². The van der Waals surface area contributed by atoms with Crippen molar-refractivity contribution >= 4 is 17.7 Å². The number of carbonyl (C=O) groups excluding carboxylic acids is 1. The van der Waals surface area contributed by atoms with Crippen LogP contribution in [0.4, 0.5) is 0 Å². The Bertz CT molecular complexity index is 202. The zero-order valence-corrected chi connectivity index (χ0v) is 11.3. The molecule has 96 valence electrons. The molecule has 0 spiro atoms. The number of nitrogens with one attached hydrogen (secondary N) is 1. The summed E-state index contributed by atoms with van der Waals surface area (Å²) in [7, 11) is 1.37. The third-order valence-electron chi connectivity index (χ3n) is 2.50. The van der Waals surface area contributed by atoms with Crippen LogP contribution in [0.2, 0.25) is 0 Å². The number of ether oxygens (including phenoxy) is 1. The number of carbonyl (C=O) groups is 1. The molecule has 0 bridgehead atoms. The smallest absolute Gasteiger partial charge is 0.322 e. The second-order valence-corrected chi connectivity index (χ2v) is 4.86. The molecular formula is C11H23NO3S. The fourth-order valence-electron chi connectivity index (χ4n) is 1.41. The third kappa shape index (κ3) is 5.72. The van der Waals surface area contributed by atoms with E-state index in [9.17, 15) is 9.90 Å². The molecule has 0 aliphatic rings. The summed E-state index contributed by atoms with van der Waals surface area (Å²) in [5.41, 5.74) is 0. The average Bonchev–Trinajstić information content (AvgIpc) is 2.28. The van der Waals surface area contributed by atoms with Gasteiger partial charge in [-0.2, -0.15) is 11.8 Å². The van der Waals surface area contributed by atoms with Gasteiger partial charge in [0.2, 0.25) is 0 Å². The first-order valence-corrected chi connectivity index (χ1v) is 6.87. The lowest BCUT2D eigenvalue weighted by Crippen LogP contribution is -2.42. The molecule has 0 saturated carbocycles. The average molecular weight is 249 g/mol. The summed E-state index contributed by atoms with van der Waals surface area (Å²) in [5, 5.41) is 13.0. The molecule has 0 aliphatic carbocycles. The van der Waals surface area contributed by atoms with E-state index in [2.05, 4.69) is 10.1 Å². The van der Waals surface area contributed by atoms with Crippen molar-refractivity contribution in [2.24, 2.45) is 0 Å². The Morgan fingerprint density at radius 1 is 1.56 bits per heavy atom. The summed E-state index contributed by atoms with van der Waals surface area (Å²) >= 11 is 1.61. The summed E-state index contributed by atoms with van der Waals surface area (Å²) < 4.78 is 4.62. The highest BCUT2D eigenvalue weighted by Gasteiger charge is 2.20. The Balaban J connectivity index is 3.99. The highest BCUT2D eigenvalue weighted by molar-refractivity contribution is 7.99. The molecule has 0 aliphatic heterocycles. The topological polar surface area (TPSA) is 58.6 Å². The van der Waals surface area contributed by atoms with Gasteiger partial charge >= 0.3 is 5.97 Å². The van der Waals surface area contributed by atoms with Crippen LogP contribution in [0, 0.1) is 0 Å². The highest BCUT2D eigenvalue weighted by Crippen LogP contribution is 2.14. The van der Waals surface area contributed by atoms with E-state index in [1.807, 2.05) is 13.2 Å². The second kappa shape index (κ2) is 8.84. The minimum absolute atomic E-state index is 0.118. The molecule has 0 aromatic rings. The lowest BCUT2D eigenvalue weighted by Gasteiger charge is -2.22. The minimum atomic E-state index is -0.325. The van der Waals surface area contributed by atoms with Crippen LogP contribution in [0.3, 0.4) is 0 Å². The number of esters is 1. The van der Waals surface area contributed by atoms with Gasteiger partial charge in [0.05, 0.1) is 13.2 Å². The molecule has 0 radical (unpaired) electrons. The summed E-state index contributed by atoms with van der Waals surface area (Å²) in [6, 6.07) is -0.325. The van der Waals surface area contributed by atoms with Crippen LogP contribution in [0.5, 0.6) is 0 Å². The van der Waals surface area contributed by atoms with Crippen LogP contribution in [-0.2, 0) is 9.53 Å². The molecule has 0 unspecified atom stereocenters. The summed E-state index contributed by atoms with van der Waals surface area (Å²) in [5.74, 6) is -0.273. The van der Waals surface area contributed by atoms with Crippen LogP contribution < -0.4 is 5.32 Å².